The van der Waals surface area contributed by atoms with Crippen molar-refractivity contribution in [3.63, 3.8) is 0 Å². The average Bonchev–Trinajstić information content (AvgIpc) is 3.66. The van der Waals surface area contributed by atoms with E-state index in [0.29, 0.717) is 46.6 Å². The van der Waals surface area contributed by atoms with Gasteiger partial charge in [0.15, 0.2) is 11.4 Å². The molecule has 0 bridgehead atoms. The molecule has 2 atom stereocenters. The van der Waals surface area contributed by atoms with E-state index in [-0.39, 0.29) is 15.7 Å². The van der Waals surface area contributed by atoms with Crippen LogP contribution in [0.15, 0.2) is 116 Å². The summed E-state index contributed by atoms with van der Waals surface area (Å²) in [4.78, 5) is 50.3. The summed E-state index contributed by atoms with van der Waals surface area (Å²) in [5.41, 5.74) is 3.07. The molecule has 2 unspecified atom stereocenters. The highest BCUT2D eigenvalue weighted by atomic mass is 35.5. The molecule has 2 amide bonds. The first-order valence-corrected chi connectivity index (χ1v) is 16.7. The van der Waals surface area contributed by atoms with Gasteiger partial charge in [0.1, 0.15) is 11.4 Å². The Kier molecular flexibility index (Phi) is 10.3. The van der Waals surface area contributed by atoms with E-state index in [9.17, 15) is 29.4 Å². The second-order valence-corrected chi connectivity index (χ2v) is 12.2. The van der Waals surface area contributed by atoms with E-state index in [1.165, 1.54) is 0 Å². The zero-order chi connectivity index (χ0) is 37.1. The predicted octanol–water partition coefficient (Wildman–Crippen LogP) is 7.66. The monoisotopic (exact) mass is 738 g/mol. The van der Waals surface area contributed by atoms with Crippen molar-refractivity contribution in [2.75, 3.05) is 10.0 Å². The lowest BCUT2D eigenvalue weighted by Gasteiger charge is -2.16. The summed E-state index contributed by atoms with van der Waals surface area (Å²) in [7, 11) is 0. The van der Waals surface area contributed by atoms with Crippen LogP contribution in [-0.4, -0.2) is 57.5 Å². The summed E-state index contributed by atoms with van der Waals surface area (Å²) in [5, 5.41) is 46.5. The molecule has 0 saturated carbocycles. The Morgan fingerprint density at radius 2 is 1.25 bits per heavy atom. The van der Waals surface area contributed by atoms with Gasteiger partial charge in [-0.1, -0.05) is 79.5 Å². The molecule has 6 rings (SSSR count). The van der Waals surface area contributed by atoms with Crippen LogP contribution in [0.25, 0.3) is 11.1 Å². The van der Waals surface area contributed by atoms with Crippen molar-refractivity contribution in [2.24, 2.45) is 30.7 Å². The molecule has 2 heterocycles. The van der Waals surface area contributed by atoms with Crippen molar-refractivity contribution < 1.29 is 29.4 Å². The third-order valence-electron chi connectivity index (χ3n) is 8.23. The first-order chi connectivity index (χ1) is 25.0. The normalized spacial score (nSPS) is 17.4. The number of anilines is 2. The quantitative estimate of drug-likeness (QED) is 0.148. The average molecular weight is 740 g/mol. The minimum atomic E-state index is -1.48. The fraction of sp³-hybridized carbons (Fsp3) is 0.167. The van der Waals surface area contributed by atoms with E-state index in [0.717, 1.165) is 15.6 Å². The summed E-state index contributed by atoms with van der Waals surface area (Å²) < 4.78 is 0. The maximum atomic E-state index is 13.2. The molecule has 0 radical (unpaired) electrons. The van der Waals surface area contributed by atoms with Gasteiger partial charge >= 0.3 is 11.9 Å². The van der Waals surface area contributed by atoms with Crippen molar-refractivity contribution in [1.82, 2.24) is 0 Å². The van der Waals surface area contributed by atoms with E-state index in [1.54, 1.807) is 78.9 Å². The Balaban J connectivity index is 1.28. The van der Waals surface area contributed by atoms with Gasteiger partial charge in [0.2, 0.25) is 12.1 Å². The van der Waals surface area contributed by atoms with Crippen molar-refractivity contribution in [2.45, 2.75) is 38.8 Å². The van der Waals surface area contributed by atoms with Gasteiger partial charge in [-0.25, -0.2) is 9.59 Å². The van der Waals surface area contributed by atoms with Crippen molar-refractivity contribution in [3.8, 4) is 11.1 Å². The van der Waals surface area contributed by atoms with Gasteiger partial charge in [-0.2, -0.15) is 40.7 Å². The molecule has 4 aromatic rings. The summed E-state index contributed by atoms with van der Waals surface area (Å²) in [6.07, 6.45) is 0.924. The van der Waals surface area contributed by atoms with Crippen molar-refractivity contribution in [1.29, 1.82) is 0 Å². The molecule has 2 aliphatic rings. The zero-order valence-electron chi connectivity index (χ0n) is 27.5. The first-order valence-electron chi connectivity index (χ1n) is 15.9. The lowest BCUT2D eigenvalue weighted by atomic mass is 9.93. The smallest absolute Gasteiger partial charge is 0.355 e. The molecule has 52 heavy (non-hydrogen) atoms. The van der Waals surface area contributed by atoms with Gasteiger partial charge < -0.3 is 10.2 Å². The molecule has 4 aromatic carbocycles. The van der Waals surface area contributed by atoms with Gasteiger partial charge in [0.05, 0.1) is 21.4 Å². The van der Waals surface area contributed by atoms with E-state index in [2.05, 4.69) is 30.7 Å². The molecule has 0 saturated heterocycles. The highest BCUT2D eigenvalue weighted by molar-refractivity contribution is 6.46. The molecule has 16 heteroatoms. The third-order valence-corrected chi connectivity index (χ3v) is 8.94. The number of carbonyl (C=O) groups is 4. The van der Waals surface area contributed by atoms with Crippen LogP contribution in [0.5, 0.6) is 0 Å². The number of azo groups is 2. The Morgan fingerprint density at radius 3 is 1.71 bits per heavy atom. The first kappa shape index (κ1) is 35.7. The van der Waals surface area contributed by atoms with Crippen molar-refractivity contribution in [3.05, 3.63) is 106 Å². The Labute approximate surface area is 306 Å². The molecule has 0 spiro atoms. The summed E-state index contributed by atoms with van der Waals surface area (Å²) in [6, 6.07) is 20.6. The number of carbonyl (C=O) groups excluding carboxylic acids is 2. The number of benzene rings is 4. The lowest BCUT2D eigenvalue weighted by Crippen LogP contribution is -2.33. The zero-order valence-corrected chi connectivity index (χ0v) is 29.0. The summed E-state index contributed by atoms with van der Waals surface area (Å²) in [6.45, 7) is 3.78. The maximum absolute atomic E-state index is 13.2. The number of amides is 2. The summed E-state index contributed by atoms with van der Waals surface area (Å²) >= 11 is 13.6. The van der Waals surface area contributed by atoms with E-state index in [1.807, 2.05) is 19.9 Å². The van der Waals surface area contributed by atoms with Crippen LogP contribution in [0.1, 0.15) is 25.0 Å². The molecule has 2 aliphatic heterocycles. The minimum absolute atomic E-state index is 0.170. The van der Waals surface area contributed by atoms with E-state index >= 15 is 0 Å². The highest BCUT2D eigenvalue weighted by Crippen LogP contribution is 2.42. The van der Waals surface area contributed by atoms with Gasteiger partial charge in [0.25, 0.3) is 11.8 Å². The summed E-state index contributed by atoms with van der Waals surface area (Å²) in [5.74, 6) is -4.15. The van der Waals surface area contributed by atoms with Crippen LogP contribution in [0.3, 0.4) is 0 Å². The Hall–Kier alpha value is -6.12. The van der Waals surface area contributed by atoms with Crippen molar-refractivity contribution >= 4 is 81.1 Å². The molecule has 0 fully saturated rings. The standard InChI is InChI=1S/C36H28Cl2N8O6/c1-3-19-17-24(23(4-2)27(38)28(19)40-42-30-32(36(51)52)44-46(34(30)48)22-13-9-6-10-14-22)20-15-16-26(25(37)18-20)39-41-29-31(35(49)50)43-45(33(29)47)21-11-7-5-8-12-21/h5-18,29-30H,3-4H2,1-2H3,(H,49,50)(H,51,52). The Bertz CT molecular complexity index is 2230. The largest absolute Gasteiger partial charge is 0.477 e. The predicted molar refractivity (Wildman–Crippen MR) is 195 cm³/mol. The van der Waals surface area contributed by atoms with Crippen LogP contribution in [0.4, 0.5) is 22.7 Å². The number of aryl methyl sites for hydroxylation is 1. The van der Waals surface area contributed by atoms with Gasteiger partial charge in [-0.15, -0.1) is 0 Å². The SMILES string of the molecule is CCc1cc(-c2ccc(N=NC3C(=O)N(c4ccccc4)N=C3C(=O)O)c(Cl)c2)c(CC)c(Cl)c1N=NC1C(=O)N(c2ccccc2)N=C1C(=O)O. The molecule has 2 N–H and O–H groups in total. The van der Waals surface area contributed by atoms with E-state index < -0.39 is 47.3 Å². The molecule has 0 aromatic heterocycles. The Morgan fingerprint density at radius 1 is 0.731 bits per heavy atom. The maximum Gasteiger partial charge on any atom is 0.355 e. The van der Waals surface area contributed by atoms with Gasteiger partial charge in [0, 0.05) is 0 Å². The number of carboxylic acids is 2. The molecular formula is C36H28Cl2N8O6. The van der Waals surface area contributed by atoms with Crippen LogP contribution < -0.4 is 10.0 Å². The molecule has 0 aliphatic carbocycles. The number of para-hydroxylation sites is 2. The second kappa shape index (κ2) is 15.0. The fourth-order valence-electron chi connectivity index (χ4n) is 5.63. The fourth-order valence-corrected chi connectivity index (χ4v) is 6.24. The number of aliphatic carboxylic acids is 2. The number of hydrogen-bond acceptors (Lipinski definition) is 10. The van der Waals surface area contributed by atoms with Gasteiger partial charge in [-0.3, -0.25) is 9.59 Å². The highest BCUT2D eigenvalue weighted by Gasteiger charge is 2.42. The number of hydrogen-bond donors (Lipinski definition) is 2. The molecular weight excluding hydrogens is 711 g/mol. The van der Waals surface area contributed by atoms with Gasteiger partial charge in [-0.05, 0) is 77.6 Å². The number of rotatable bonds is 11. The number of hydrazone groups is 2. The van der Waals surface area contributed by atoms with Crippen LogP contribution in [0.2, 0.25) is 10.0 Å². The minimum Gasteiger partial charge on any atom is -0.477 e. The lowest BCUT2D eigenvalue weighted by molar-refractivity contribution is -0.130. The van der Waals surface area contributed by atoms with E-state index in [4.69, 9.17) is 23.2 Å². The van der Waals surface area contributed by atoms with Crippen LogP contribution >= 0.6 is 23.2 Å². The molecule has 14 nitrogen and oxygen atoms in total. The molecule has 262 valence electrons. The van der Waals surface area contributed by atoms with Crippen LogP contribution in [0, 0.1) is 0 Å². The number of nitrogens with zero attached hydrogens (tertiary/aromatic N) is 8. The van der Waals surface area contributed by atoms with Crippen LogP contribution in [-0.2, 0) is 32.0 Å². The number of halogens is 2. The second-order valence-electron chi connectivity index (χ2n) is 11.4. The number of carboxylic acid groups (broad SMARTS) is 2. The third kappa shape index (κ3) is 6.81. The topological polar surface area (TPSA) is 189 Å².